The second kappa shape index (κ2) is 11.9. The van der Waals surface area contributed by atoms with E-state index in [-0.39, 0.29) is 10.8 Å². The summed E-state index contributed by atoms with van der Waals surface area (Å²) in [7, 11) is 0. The molecule has 0 radical (unpaired) electrons. The molecular weight excluding hydrogens is 679 g/mol. The molecule has 0 fully saturated rings. The molecule has 0 saturated carbocycles. The fourth-order valence-electron chi connectivity index (χ4n) is 9.85. The Labute approximate surface area is 328 Å². The van der Waals surface area contributed by atoms with E-state index < -0.39 is 0 Å². The summed E-state index contributed by atoms with van der Waals surface area (Å²) in [4.78, 5) is 2.36. The second-order valence-corrected chi connectivity index (χ2v) is 16.5. The third-order valence-corrected chi connectivity index (χ3v) is 12.7. The molecule has 0 N–H and O–H groups in total. The third kappa shape index (κ3) is 4.62. The second-order valence-electron chi connectivity index (χ2n) is 16.5. The summed E-state index contributed by atoms with van der Waals surface area (Å²) >= 11 is 0. The molecule has 268 valence electrons. The number of hydrogen-bond donors (Lipinski definition) is 0. The molecule has 1 heterocycles. The number of rotatable bonds is 5. The summed E-state index contributed by atoms with van der Waals surface area (Å²) in [5.74, 6) is 0. The summed E-state index contributed by atoms with van der Waals surface area (Å²) < 4.78 is 7.15. The number of hydrogen-bond acceptors (Lipinski definition) is 2. The van der Waals surface area contributed by atoms with Crippen LogP contribution in [0.25, 0.3) is 66.4 Å². The lowest BCUT2D eigenvalue weighted by Crippen LogP contribution is -2.14. The predicted octanol–water partition coefficient (Wildman–Crippen LogP) is 15.0. The van der Waals surface area contributed by atoms with E-state index in [1.807, 2.05) is 0 Å². The van der Waals surface area contributed by atoms with Gasteiger partial charge >= 0.3 is 0 Å². The van der Waals surface area contributed by atoms with Crippen LogP contribution in [0.15, 0.2) is 180 Å². The van der Waals surface area contributed by atoms with Gasteiger partial charge in [0.25, 0.3) is 0 Å². The minimum atomic E-state index is -0.104. The first kappa shape index (κ1) is 32.8. The van der Waals surface area contributed by atoms with E-state index in [0.29, 0.717) is 0 Å². The molecule has 9 aromatic rings. The van der Waals surface area contributed by atoms with Crippen molar-refractivity contribution in [3.63, 3.8) is 0 Å². The summed E-state index contributed by atoms with van der Waals surface area (Å²) in [6, 6.07) is 64.3. The van der Waals surface area contributed by atoms with Crippen LogP contribution >= 0.6 is 0 Å². The lowest BCUT2D eigenvalue weighted by Gasteiger charge is -2.26. The Hall–Kier alpha value is -6.64. The molecule has 0 aliphatic heterocycles. The molecule has 8 aromatic carbocycles. The molecule has 11 rings (SSSR count). The van der Waals surface area contributed by atoms with Crippen LogP contribution in [0.3, 0.4) is 0 Å². The van der Waals surface area contributed by atoms with E-state index in [2.05, 4.69) is 209 Å². The Bertz CT molecular complexity index is 3000. The van der Waals surface area contributed by atoms with Gasteiger partial charge in [-0.05, 0) is 91.5 Å². The fourth-order valence-corrected chi connectivity index (χ4v) is 9.85. The fraction of sp³-hybridized carbons (Fsp3) is 0.111. The highest BCUT2D eigenvalue weighted by atomic mass is 16.3. The van der Waals surface area contributed by atoms with Gasteiger partial charge in [0.15, 0.2) is 5.58 Å². The molecule has 2 aliphatic carbocycles. The summed E-state index contributed by atoms with van der Waals surface area (Å²) in [6.45, 7) is 9.34. The standard InChI is InChI=1S/C54H41NO/c1-53(2)44-20-10-8-16-42(44)49-39(18-12-22-46(49)53)36-26-30-38(31-27-36)55(37-28-24-35(25-29-37)34-14-6-5-7-15-34)48-23-13-19-40-41-32-33-47-50(52(41)56-51(40)48)43-17-9-11-21-45(43)54(47,3)4/h5-33H,1-4H3. The average Bonchev–Trinajstić information content (AvgIpc) is 3.82. The number of benzene rings is 8. The lowest BCUT2D eigenvalue weighted by molar-refractivity contribution is 0.653. The average molecular weight is 720 g/mol. The highest BCUT2D eigenvalue weighted by Crippen LogP contribution is 2.54. The van der Waals surface area contributed by atoms with Gasteiger partial charge in [-0.25, -0.2) is 0 Å². The minimum Gasteiger partial charge on any atom is -0.453 e. The van der Waals surface area contributed by atoms with Crippen LogP contribution in [0.1, 0.15) is 49.9 Å². The number of nitrogens with zero attached hydrogens (tertiary/aromatic N) is 1. The van der Waals surface area contributed by atoms with Gasteiger partial charge < -0.3 is 9.32 Å². The van der Waals surface area contributed by atoms with E-state index in [4.69, 9.17) is 4.42 Å². The Morgan fingerprint density at radius 1 is 0.357 bits per heavy atom. The van der Waals surface area contributed by atoms with Crippen LogP contribution in [0, 0.1) is 0 Å². The van der Waals surface area contributed by atoms with Gasteiger partial charge in [0.1, 0.15) is 5.58 Å². The molecule has 0 amide bonds. The van der Waals surface area contributed by atoms with Crippen LogP contribution < -0.4 is 4.90 Å². The molecule has 0 bridgehead atoms. The van der Waals surface area contributed by atoms with Gasteiger partial charge in [-0.2, -0.15) is 0 Å². The van der Waals surface area contributed by atoms with Gasteiger partial charge in [-0.3, -0.25) is 0 Å². The zero-order valence-corrected chi connectivity index (χ0v) is 32.1. The summed E-state index contributed by atoms with van der Waals surface area (Å²) in [6.07, 6.45) is 0. The SMILES string of the molecule is CC1(C)c2ccccc2-c2c(-c3ccc(N(c4ccc(-c5ccccc5)cc4)c4cccc5c4oc4c6c(ccc45)C(C)(C)c4ccccc4-6)cc3)cccc21. The largest absolute Gasteiger partial charge is 0.453 e. The minimum absolute atomic E-state index is 0.0478. The zero-order valence-electron chi connectivity index (χ0n) is 32.1. The van der Waals surface area contributed by atoms with Gasteiger partial charge in [-0.1, -0.05) is 173 Å². The van der Waals surface area contributed by atoms with Crippen molar-refractivity contribution in [2.75, 3.05) is 4.90 Å². The van der Waals surface area contributed by atoms with Crippen molar-refractivity contribution >= 4 is 39.0 Å². The van der Waals surface area contributed by atoms with E-state index >= 15 is 0 Å². The molecule has 56 heavy (non-hydrogen) atoms. The van der Waals surface area contributed by atoms with Crippen LogP contribution in [0.4, 0.5) is 17.1 Å². The van der Waals surface area contributed by atoms with Gasteiger partial charge in [0, 0.05) is 38.5 Å². The van der Waals surface area contributed by atoms with E-state index in [9.17, 15) is 0 Å². The quantitative estimate of drug-likeness (QED) is 0.176. The number of furan rings is 1. The van der Waals surface area contributed by atoms with Crippen molar-refractivity contribution < 1.29 is 4.42 Å². The van der Waals surface area contributed by atoms with Gasteiger partial charge in [0.2, 0.25) is 0 Å². The molecular formula is C54H41NO. The first-order valence-electron chi connectivity index (χ1n) is 19.7. The molecule has 2 aliphatic rings. The van der Waals surface area contributed by atoms with Crippen molar-refractivity contribution in [3.8, 4) is 44.5 Å². The van der Waals surface area contributed by atoms with Crippen molar-refractivity contribution in [2.45, 2.75) is 38.5 Å². The van der Waals surface area contributed by atoms with E-state index in [1.54, 1.807) is 0 Å². The maximum atomic E-state index is 7.15. The number of fused-ring (bicyclic) bond motifs is 10. The molecule has 0 unspecified atom stereocenters. The number of anilines is 3. The maximum absolute atomic E-state index is 7.15. The topological polar surface area (TPSA) is 16.4 Å². The molecule has 2 nitrogen and oxygen atoms in total. The first-order chi connectivity index (χ1) is 27.3. The Morgan fingerprint density at radius 3 is 1.54 bits per heavy atom. The third-order valence-electron chi connectivity index (χ3n) is 12.7. The van der Waals surface area contributed by atoms with Crippen LogP contribution in [0.5, 0.6) is 0 Å². The molecule has 0 saturated heterocycles. The predicted molar refractivity (Wildman–Crippen MR) is 234 cm³/mol. The highest BCUT2D eigenvalue weighted by Gasteiger charge is 2.38. The van der Waals surface area contributed by atoms with Crippen molar-refractivity contribution in [2.24, 2.45) is 0 Å². The lowest BCUT2D eigenvalue weighted by atomic mass is 9.82. The highest BCUT2D eigenvalue weighted by molar-refractivity contribution is 6.15. The van der Waals surface area contributed by atoms with Gasteiger partial charge in [-0.15, -0.1) is 0 Å². The van der Waals surface area contributed by atoms with E-state index in [1.165, 1.54) is 66.8 Å². The Kier molecular flexibility index (Phi) is 6.98. The van der Waals surface area contributed by atoms with Crippen LogP contribution in [-0.4, -0.2) is 0 Å². The van der Waals surface area contributed by atoms with Crippen molar-refractivity contribution in [3.05, 3.63) is 198 Å². The smallest absolute Gasteiger partial charge is 0.159 e. The maximum Gasteiger partial charge on any atom is 0.159 e. The summed E-state index contributed by atoms with van der Waals surface area (Å²) in [5, 5.41) is 2.26. The van der Waals surface area contributed by atoms with Crippen LogP contribution in [-0.2, 0) is 10.8 Å². The molecule has 2 heteroatoms. The number of para-hydroxylation sites is 1. The Morgan fingerprint density at radius 2 is 0.857 bits per heavy atom. The monoisotopic (exact) mass is 719 g/mol. The van der Waals surface area contributed by atoms with Crippen LogP contribution in [0.2, 0.25) is 0 Å². The first-order valence-corrected chi connectivity index (χ1v) is 19.7. The normalized spacial score (nSPS) is 14.4. The Balaban J connectivity index is 1.09. The van der Waals surface area contributed by atoms with Gasteiger partial charge in [0.05, 0.1) is 5.69 Å². The van der Waals surface area contributed by atoms with Crippen molar-refractivity contribution in [1.29, 1.82) is 0 Å². The molecule has 1 aromatic heterocycles. The zero-order chi connectivity index (χ0) is 37.8. The molecule has 0 atom stereocenters. The van der Waals surface area contributed by atoms with Crippen molar-refractivity contribution in [1.82, 2.24) is 0 Å². The summed E-state index contributed by atoms with van der Waals surface area (Å²) in [5.41, 5.74) is 20.3. The molecule has 0 spiro atoms. The van der Waals surface area contributed by atoms with E-state index in [0.717, 1.165) is 39.0 Å².